The molecular weight excluding hydrogens is 268 g/mol. The fraction of sp³-hybridized carbons (Fsp3) is 0.0714. The third-order valence-corrected chi connectivity index (χ3v) is 3.80. The van der Waals surface area contributed by atoms with Crippen molar-refractivity contribution in [3.05, 3.63) is 53.1 Å². The first-order valence-electron chi connectivity index (χ1n) is 5.34. The van der Waals surface area contributed by atoms with E-state index in [1.54, 1.807) is 25.1 Å². The standard InChI is InChI=1S/C14H11ClO2S/c1-9(16)11-4-2-3-5-14(11)18-10-6-7-12(15)13(17)8-10/h2-8,17H,1H3. The predicted molar refractivity (Wildman–Crippen MR) is 73.7 cm³/mol. The minimum absolute atomic E-state index is 0.0243. The lowest BCUT2D eigenvalue weighted by Crippen LogP contribution is -1.94. The molecule has 2 rings (SSSR count). The Bertz CT molecular complexity index is 596. The molecule has 2 nitrogen and oxygen atoms in total. The third-order valence-electron chi connectivity index (χ3n) is 2.41. The van der Waals surface area contributed by atoms with Crippen molar-refractivity contribution in [2.45, 2.75) is 16.7 Å². The summed E-state index contributed by atoms with van der Waals surface area (Å²) in [6.07, 6.45) is 0. The molecule has 1 N–H and O–H groups in total. The number of halogens is 1. The molecule has 0 heterocycles. The second-order valence-corrected chi connectivity index (χ2v) is 5.29. The maximum absolute atomic E-state index is 11.5. The first-order chi connectivity index (χ1) is 8.58. The van der Waals surface area contributed by atoms with E-state index in [4.69, 9.17) is 11.6 Å². The molecule has 0 amide bonds. The van der Waals surface area contributed by atoms with Crippen LogP contribution in [0.5, 0.6) is 5.75 Å². The lowest BCUT2D eigenvalue weighted by atomic mass is 10.1. The van der Waals surface area contributed by atoms with E-state index in [1.165, 1.54) is 11.8 Å². The topological polar surface area (TPSA) is 37.3 Å². The normalized spacial score (nSPS) is 10.3. The van der Waals surface area contributed by atoms with E-state index in [0.29, 0.717) is 10.6 Å². The monoisotopic (exact) mass is 278 g/mol. The number of benzene rings is 2. The molecule has 4 heteroatoms. The van der Waals surface area contributed by atoms with Gasteiger partial charge in [0.05, 0.1) is 5.02 Å². The quantitative estimate of drug-likeness (QED) is 0.846. The summed E-state index contributed by atoms with van der Waals surface area (Å²) in [7, 11) is 0. The van der Waals surface area contributed by atoms with E-state index in [1.807, 2.05) is 24.3 Å². The van der Waals surface area contributed by atoms with Crippen LogP contribution < -0.4 is 0 Å². The fourth-order valence-corrected chi connectivity index (χ4v) is 2.68. The zero-order valence-electron chi connectivity index (χ0n) is 9.68. The summed E-state index contributed by atoms with van der Waals surface area (Å²) in [5.74, 6) is 0.0678. The molecule has 0 saturated heterocycles. The van der Waals surface area contributed by atoms with Gasteiger partial charge in [0.1, 0.15) is 5.75 Å². The molecule has 2 aromatic carbocycles. The number of Topliss-reactive ketones (excluding diaryl/α,β-unsaturated/α-hetero) is 1. The highest BCUT2D eigenvalue weighted by Crippen LogP contribution is 2.34. The molecule has 0 aliphatic heterocycles. The Hall–Kier alpha value is -1.45. The summed E-state index contributed by atoms with van der Waals surface area (Å²) in [5.41, 5.74) is 0.678. The van der Waals surface area contributed by atoms with E-state index in [0.717, 1.165) is 9.79 Å². The van der Waals surface area contributed by atoms with Gasteiger partial charge in [0.25, 0.3) is 0 Å². The Morgan fingerprint density at radius 2 is 1.94 bits per heavy atom. The van der Waals surface area contributed by atoms with Crippen molar-refractivity contribution in [2.75, 3.05) is 0 Å². The number of carbonyl (C=O) groups is 1. The lowest BCUT2D eigenvalue weighted by Gasteiger charge is -2.07. The molecule has 0 saturated carbocycles. The van der Waals surface area contributed by atoms with Crippen LogP contribution in [0.25, 0.3) is 0 Å². The molecule has 0 aliphatic rings. The molecule has 0 unspecified atom stereocenters. The summed E-state index contributed by atoms with van der Waals surface area (Å²) in [6.45, 7) is 1.54. The van der Waals surface area contributed by atoms with Crippen LogP contribution in [0.4, 0.5) is 0 Å². The minimum Gasteiger partial charge on any atom is -0.506 e. The van der Waals surface area contributed by atoms with Crippen molar-refractivity contribution in [1.29, 1.82) is 0 Å². The molecule has 0 aliphatic carbocycles. The highest BCUT2D eigenvalue weighted by atomic mass is 35.5. The number of aromatic hydroxyl groups is 1. The Kier molecular flexibility index (Phi) is 3.94. The van der Waals surface area contributed by atoms with Gasteiger partial charge in [-0.25, -0.2) is 0 Å². The van der Waals surface area contributed by atoms with Gasteiger partial charge >= 0.3 is 0 Å². The number of hydrogen-bond acceptors (Lipinski definition) is 3. The van der Waals surface area contributed by atoms with Crippen LogP contribution in [0.2, 0.25) is 5.02 Å². The SMILES string of the molecule is CC(=O)c1ccccc1Sc1ccc(Cl)c(O)c1. The third kappa shape index (κ3) is 2.86. The average molecular weight is 279 g/mol. The average Bonchev–Trinajstić information content (AvgIpc) is 2.34. The van der Waals surface area contributed by atoms with Gasteiger partial charge in [-0.1, -0.05) is 41.6 Å². The van der Waals surface area contributed by atoms with Crippen LogP contribution in [-0.4, -0.2) is 10.9 Å². The van der Waals surface area contributed by atoms with E-state index in [9.17, 15) is 9.90 Å². The van der Waals surface area contributed by atoms with Gasteiger partial charge in [-0.05, 0) is 31.2 Å². The Morgan fingerprint density at radius 3 is 2.61 bits per heavy atom. The Labute approximate surface area is 115 Å². The summed E-state index contributed by atoms with van der Waals surface area (Å²) in [5, 5.41) is 9.86. The first-order valence-corrected chi connectivity index (χ1v) is 6.53. The van der Waals surface area contributed by atoms with Gasteiger partial charge in [0, 0.05) is 15.4 Å². The van der Waals surface area contributed by atoms with Crippen molar-refractivity contribution in [1.82, 2.24) is 0 Å². The Balaban J connectivity index is 2.34. The van der Waals surface area contributed by atoms with E-state index in [2.05, 4.69) is 0 Å². The highest BCUT2D eigenvalue weighted by Gasteiger charge is 2.08. The van der Waals surface area contributed by atoms with Crippen molar-refractivity contribution < 1.29 is 9.90 Å². The lowest BCUT2D eigenvalue weighted by molar-refractivity contribution is 0.101. The van der Waals surface area contributed by atoms with Gasteiger partial charge in [0.2, 0.25) is 0 Å². The maximum atomic E-state index is 11.5. The Morgan fingerprint density at radius 1 is 1.22 bits per heavy atom. The zero-order chi connectivity index (χ0) is 13.1. The van der Waals surface area contributed by atoms with Crippen LogP contribution in [-0.2, 0) is 0 Å². The molecule has 0 bridgehead atoms. The molecular formula is C14H11ClO2S. The van der Waals surface area contributed by atoms with Crippen LogP contribution >= 0.6 is 23.4 Å². The maximum Gasteiger partial charge on any atom is 0.160 e. The second kappa shape index (κ2) is 5.46. The molecule has 92 valence electrons. The van der Waals surface area contributed by atoms with Gasteiger partial charge in [0.15, 0.2) is 5.78 Å². The summed E-state index contributed by atoms with van der Waals surface area (Å²) in [6, 6.07) is 12.4. The fourth-order valence-electron chi connectivity index (χ4n) is 1.53. The van der Waals surface area contributed by atoms with Crippen molar-refractivity contribution in [3.63, 3.8) is 0 Å². The smallest absolute Gasteiger partial charge is 0.160 e. The molecule has 2 aromatic rings. The zero-order valence-corrected chi connectivity index (χ0v) is 11.3. The van der Waals surface area contributed by atoms with Crippen molar-refractivity contribution in [2.24, 2.45) is 0 Å². The molecule has 0 spiro atoms. The second-order valence-electron chi connectivity index (χ2n) is 3.77. The van der Waals surface area contributed by atoms with E-state index in [-0.39, 0.29) is 11.5 Å². The largest absolute Gasteiger partial charge is 0.506 e. The van der Waals surface area contributed by atoms with Gasteiger partial charge in [-0.15, -0.1) is 0 Å². The molecule has 0 radical (unpaired) electrons. The van der Waals surface area contributed by atoms with Gasteiger partial charge in [-0.3, -0.25) is 4.79 Å². The minimum atomic E-state index is 0.0243. The number of carbonyl (C=O) groups excluding carboxylic acids is 1. The number of ketones is 1. The van der Waals surface area contributed by atoms with E-state index < -0.39 is 0 Å². The molecule has 0 atom stereocenters. The van der Waals surface area contributed by atoms with Crippen molar-refractivity contribution in [3.8, 4) is 5.75 Å². The molecule has 18 heavy (non-hydrogen) atoms. The number of hydrogen-bond donors (Lipinski definition) is 1. The van der Waals surface area contributed by atoms with Crippen LogP contribution in [0.15, 0.2) is 52.3 Å². The summed E-state index contributed by atoms with van der Waals surface area (Å²) in [4.78, 5) is 13.2. The number of rotatable bonds is 3. The van der Waals surface area contributed by atoms with E-state index >= 15 is 0 Å². The van der Waals surface area contributed by atoms with Gasteiger partial charge < -0.3 is 5.11 Å². The number of phenols is 1. The van der Waals surface area contributed by atoms with Crippen LogP contribution in [0.3, 0.4) is 0 Å². The van der Waals surface area contributed by atoms with Crippen LogP contribution in [0.1, 0.15) is 17.3 Å². The molecule has 0 aromatic heterocycles. The summed E-state index contributed by atoms with van der Waals surface area (Å²) >= 11 is 7.18. The molecule has 0 fully saturated rings. The summed E-state index contributed by atoms with van der Waals surface area (Å²) < 4.78 is 0. The van der Waals surface area contributed by atoms with Crippen molar-refractivity contribution >= 4 is 29.1 Å². The first kappa shape index (κ1) is 13.0. The van der Waals surface area contributed by atoms with Crippen LogP contribution in [0, 0.1) is 0 Å². The number of phenolic OH excluding ortho intramolecular Hbond substituents is 1. The predicted octanol–water partition coefficient (Wildman–Crippen LogP) is 4.40. The highest BCUT2D eigenvalue weighted by molar-refractivity contribution is 7.99. The van der Waals surface area contributed by atoms with Gasteiger partial charge in [-0.2, -0.15) is 0 Å².